The maximum atomic E-state index is 4.74. The Morgan fingerprint density at radius 3 is 1.63 bits per heavy atom. The van der Waals surface area contributed by atoms with Crippen molar-refractivity contribution in [3.8, 4) is 54.5 Å². The zero-order valence-corrected chi connectivity index (χ0v) is 28.9. The van der Waals surface area contributed by atoms with Crippen molar-refractivity contribution in [2.45, 2.75) is 5.41 Å². The molecule has 0 saturated heterocycles. The van der Waals surface area contributed by atoms with Crippen LogP contribution in [-0.4, -0.2) is 19.9 Å². The number of pyridine rings is 2. The number of fused-ring (bicyclic) bond motifs is 5. The number of hydrogen-bond acceptors (Lipinski definition) is 6. The van der Waals surface area contributed by atoms with Crippen LogP contribution in [-0.2, 0) is 5.41 Å². The molecule has 10 rings (SSSR count). The van der Waals surface area contributed by atoms with Gasteiger partial charge in [0, 0.05) is 70.2 Å². The molecule has 4 nitrogen and oxygen atoms in total. The summed E-state index contributed by atoms with van der Waals surface area (Å²) in [4.78, 5) is 18.6. The van der Waals surface area contributed by atoms with E-state index in [0.29, 0.717) is 0 Å². The standard InChI is InChI=1S/C45H28N4S2/c1-3-9-34(10-4-1)45(35-11-5-2-6-12-35)40-23-29(30-21-32(27-46-25-30)43-48-17-19-50-43)15-16-38(40)42-37-14-8-7-13-36(37)39(24-41(42)45)31-22-33(28-47-26-31)44-49-18-20-51-44/h1-28H. The average Bonchev–Trinajstić information content (AvgIpc) is 4.00. The summed E-state index contributed by atoms with van der Waals surface area (Å²) in [5.41, 5.74) is 13.3. The zero-order chi connectivity index (χ0) is 33.8. The van der Waals surface area contributed by atoms with Crippen LogP contribution in [0.15, 0.2) is 169 Å². The molecule has 9 aromatic rings. The van der Waals surface area contributed by atoms with Crippen LogP contribution in [0.25, 0.3) is 65.3 Å². The highest BCUT2D eigenvalue weighted by molar-refractivity contribution is 7.13. The highest BCUT2D eigenvalue weighted by Gasteiger charge is 2.47. The van der Waals surface area contributed by atoms with Gasteiger partial charge in [0.1, 0.15) is 10.0 Å². The predicted molar refractivity (Wildman–Crippen MR) is 210 cm³/mol. The molecule has 51 heavy (non-hydrogen) atoms. The van der Waals surface area contributed by atoms with Gasteiger partial charge in [0.2, 0.25) is 0 Å². The third kappa shape index (κ3) is 4.72. The number of hydrogen-bond donors (Lipinski definition) is 0. The number of benzene rings is 5. The van der Waals surface area contributed by atoms with E-state index in [1.165, 1.54) is 44.2 Å². The molecule has 4 aromatic heterocycles. The van der Waals surface area contributed by atoms with Crippen LogP contribution in [0.3, 0.4) is 0 Å². The molecule has 0 saturated carbocycles. The van der Waals surface area contributed by atoms with Crippen LogP contribution in [0, 0.1) is 0 Å². The molecule has 0 N–H and O–H groups in total. The minimum absolute atomic E-state index is 0.595. The SMILES string of the molecule is c1ccc(C2(c3ccccc3)c3cc(-c4cncc(-c5nccs5)c4)ccc3-c3c2cc(-c2cncc(-c4nccs4)c2)c2ccccc32)cc1. The quantitative estimate of drug-likeness (QED) is 0.174. The Morgan fingerprint density at radius 1 is 0.431 bits per heavy atom. The second-order valence-corrected chi connectivity index (χ2v) is 14.5. The summed E-state index contributed by atoms with van der Waals surface area (Å²) in [6, 6.07) is 44.6. The lowest BCUT2D eigenvalue weighted by molar-refractivity contribution is 0.769. The van der Waals surface area contributed by atoms with E-state index in [2.05, 4.69) is 136 Å². The first-order valence-electron chi connectivity index (χ1n) is 16.8. The molecule has 0 spiro atoms. The number of thiazole rings is 2. The van der Waals surface area contributed by atoms with E-state index in [4.69, 9.17) is 4.98 Å². The average molecular weight is 689 g/mol. The molecule has 5 aromatic carbocycles. The summed E-state index contributed by atoms with van der Waals surface area (Å²) >= 11 is 3.26. The lowest BCUT2D eigenvalue weighted by Gasteiger charge is -2.34. The Morgan fingerprint density at radius 2 is 1.00 bits per heavy atom. The fourth-order valence-corrected chi connectivity index (χ4v) is 9.15. The van der Waals surface area contributed by atoms with Crippen molar-refractivity contribution < 1.29 is 0 Å². The van der Waals surface area contributed by atoms with E-state index in [0.717, 1.165) is 43.4 Å². The molecule has 0 fully saturated rings. The largest absolute Gasteiger partial charge is 0.263 e. The molecular weight excluding hydrogens is 661 g/mol. The first-order chi connectivity index (χ1) is 25.3. The third-order valence-corrected chi connectivity index (χ3v) is 11.7. The highest BCUT2D eigenvalue weighted by Crippen LogP contribution is 2.59. The molecule has 4 heterocycles. The number of aromatic nitrogens is 4. The molecule has 6 heteroatoms. The fraction of sp³-hybridized carbons (Fsp3) is 0.0222. The second-order valence-electron chi connectivity index (χ2n) is 12.7. The molecule has 0 amide bonds. The predicted octanol–water partition coefficient (Wildman–Crippen LogP) is 11.6. The molecule has 0 unspecified atom stereocenters. The Hall–Kier alpha value is -6.08. The van der Waals surface area contributed by atoms with Gasteiger partial charge in [0.05, 0.1) is 5.41 Å². The Bertz CT molecular complexity index is 2650. The number of nitrogens with zero attached hydrogens (tertiary/aromatic N) is 4. The highest BCUT2D eigenvalue weighted by atomic mass is 32.1. The van der Waals surface area contributed by atoms with Crippen molar-refractivity contribution in [2.75, 3.05) is 0 Å². The van der Waals surface area contributed by atoms with Crippen molar-refractivity contribution >= 4 is 33.4 Å². The monoisotopic (exact) mass is 688 g/mol. The first kappa shape index (κ1) is 29.8. The maximum Gasteiger partial charge on any atom is 0.124 e. The van der Waals surface area contributed by atoms with Crippen molar-refractivity contribution in [2.24, 2.45) is 0 Å². The smallest absolute Gasteiger partial charge is 0.124 e. The normalized spacial score (nSPS) is 12.9. The minimum atomic E-state index is -0.595. The number of rotatable bonds is 6. The molecule has 0 radical (unpaired) electrons. The topological polar surface area (TPSA) is 51.6 Å². The molecule has 0 bridgehead atoms. The second kappa shape index (κ2) is 12.1. The van der Waals surface area contributed by atoms with Crippen LogP contribution in [0.5, 0.6) is 0 Å². The van der Waals surface area contributed by atoms with Gasteiger partial charge >= 0.3 is 0 Å². The van der Waals surface area contributed by atoms with Gasteiger partial charge in [-0.3, -0.25) is 9.97 Å². The van der Waals surface area contributed by atoms with Gasteiger partial charge in [-0.15, -0.1) is 22.7 Å². The van der Waals surface area contributed by atoms with Gasteiger partial charge in [0.15, 0.2) is 0 Å². The molecule has 1 aliphatic carbocycles. The van der Waals surface area contributed by atoms with Gasteiger partial charge in [0.25, 0.3) is 0 Å². The van der Waals surface area contributed by atoms with E-state index in [9.17, 15) is 0 Å². The summed E-state index contributed by atoms with van der Waals surface area (Å²) < 4.78 is 0. The van der Waals surface area contributed by atoms with Crippen molar-refractivity contribution in [1.82, 2.24) is 19.9 Å². The Kier molecular flexibility index (Phi) is 7.05. The Labute approximate surface area is 303 Å². The van der Waals surface area contributed by atoms with Gasteiger partial charge < -0.3 is 0 Å². The van der Waals surface area contributed by atoms with Crippen molar-refractivity contribution in [3.63, 3.8) is 0 Å². The zero-order valence-electron chi connectivity index (χ0n) is 27.3. The van der Waals surface area contributed by atoms with E-state index < -0.39 is 5.41 Å². The van der Waals surface area contributed by atoms with E-state index in [-0.39, 0.29) is 0 Å². The van der Waals surface area contributed by atoms with Gasteiger partial charge in [-0.2, -0.15) is 0 Å². The van der Waals surface area contributed by atoms with E-state index >= 15 is 0 Å². The van der Waals surface area contributed by atoms with E-state index in [1.807, 2.05) is 47.9 Å². The van der Waals surface area contributed by atoms with Crippen LogP contribution in [0.2, 0.25) is 0 Å². The molecule has 0 atom stereocenters. The summed E-state index contributed by atoms with van der Waals surface area (Å²) in [6.45, 7) is 0. The molecule has 240 valence electrons. The van der Waals surface area contributed by atoms with Crippen molar-refractivity contribution in [1.29, 1.82) is 0 Å². The van der Waals surface area contributed by atoms with Crippen LogP contribution >= 0.6 is 22.7 Å². The van der Waals surface area contributed by atoms with Gasteiger partial charge in [-0.05, 0) is 79.5 Å². The summed E-state index contributed by atoms with van der Waals surface area (Å²) in [7, 11) is 0. The molecule has 0 aliphatic heterocycles. The minimum Gasteiger partial charge on any atom is -0.263 e. The van der Waals surface area contributed by atoms with Crippen LogP contribution < -0.4 is 0 Å². The fourth-order valence-electron chi connectivity index (χ4n) is 7.91. The lowest BCUT2D eigenvalue weighted by atomic mass is 9.67. The van der Waals surface area contributed by atoms with Gasteiger partial charge in [-0.1, -0.05) is 97.1 Å². The van der Waals surface area contributed by atoms with Crippen LogP contribution in [0.1, 0.15) is 22.3 Å². The Balaban J connectivity index is 1.29. The molecular formula is C45H28N4S2. The van der Waals surface area contributed by atoms with Crippen LogP contribution in [0.4, 0.5) is 0 Å². The summed E-state index contributed by atoms with van der Waals surface area (Å²) in [5, 5.41) is 8.37. The molecule has 1 aliphatic rings. The maximum absolute atomic E-state index is 4.74. The van der Waals surface area contributed by atoms with Crippen molar-refractivity contribution in [3.05, 3.63) is 192 Å². The first-order valence-corrected chi connectivity index (χ1v) is 18.6. The summed E-state index contributed by atoms with van der Waals surface area (Å²) in [5.74, 6) is 0. The van der Waals surface area contributed by atoms with E-state index in [1.54, 1.807) is 22.7 Å². The van der Waals surface area contributed by atoms with Gasteiger partial charge in [-0.25, -0.2) is 9.97 Å². The summed E-state index contributed by atoms with van der Waals surface area (Å²) in [6.07, 6.45) is 11.5. The lowest BCUT2D eigenvalue weighted by Crippen LogP contribution is -2.28. The third-order valence-electron chi connectivity index (χ3n) is 10.0.